The number of halogens is 1. The second-order valence-corrected chi connectivity index (χ2v) is 4.11. The number of carbonyl (C=O) groups excluding carboxylic acids is 1. The van der Waals surface area contributed by atoms with Gasteiger partial charge < -0.3 is 4.74 Å². The van der Waals surface area contributed by atoms with Crippen molar-refractivity contribution in [1.82, 2.24) is 4.98 Å². The van der Waals surface area contributed by atoms with Gasteiger partial charge in [-0.3, -0.25) is 0 Å². The molecule has 0 saturated carbocycles. The van der Waals surface area contributed by atoms with E-state index in [1.54, 1.807) is 11.1 Å². The minimum absolute atomic E-state index is 0.0589. The lowest BCUT2D eigenvalue weighted by molar-refractivity contribution is 0.152. The zero-order valence-electron chi connectivity index (χ0n) is 6.64. The molecule has 6 heteroatoms. The molecular weight excluding hydrogens is 256 g/mol. The number of rotatable bonds is 2. The monoisotopic (exact) mass is 262 g/mol. The summed E-state index contributed by atoms with van der Waals surface area (Å²) in [6, 6.07) is 0. The number of carbonyl (C=O) groups is 1. The topological polar surface area (TPSA) is 42.4 Å². The van der Waals surface area contributed by atoms with Crippen LogP contribution in [0.5, 0.6) is 0 Å². The molecule has 13 heavy (non-hydrogen) atoms. The summed E-state index contributed by atoms with van der Waals surface area (Å²) in [7, 11) is 0. The average Bonchev–Trinajstić information content (AvgIpc) is 2.72. The van der Waals surface area contributed by atoms with Crippen LogP contribution in [-0.2, 0) is 4.74 Å². The number of aromatic nitrogens is 1. The highest BCUT2D eigenvalue weighted by atomic mass is 79.9. The molecule has 0 radical (unpaired) electrons. The number of nitrogens with zero attached hydrogens (tertiary/aromatic N) is 2. The molecule has 70 valence electrons. The van der Waals surface area contributed by atoms with Crippen LogP contribution in [0.4, 0.5) is 9.93 Å². The van der Waals surface area contributed by atoms with Gasteiger partial charge in [0.15, 0.2) is 5.13 Å². The predicted octanol–water partition coefficient (Wildman–Crippen LogP) is 1.86. The van der Waals surface area contributed by atoms with E-state index in [4.69, 9.17) is 4.74 Å². The first-order valence-corrected chi connectivity index (χ1v) is 5.75. The van der Waals surface area contributed by atoms with Crippen LogP contribution in [0.25, 0.3) is 0 Å². The van der Waals surface area contributed by atoms with Crippen molar-refractivity contribution in [2.75, 3.05) is 16.8 Å². The molecule has 1 aliphatic heterocycles. The summed E-state index contributed by atoms with van der Waals surface area (Å²) in [6.07, 6.45) is 1.31. The van der Waals surface area contributed by atoms with Crippen molar-refractivity contribution in [2.24, 2.45) is 0 Å². The predicted molar refractivity (Wildman–Crippen MR) is 53.5 cm³/mol. The van der Waals surface area contributed by atoms with E-state index in [0.717, 1.165) is 0 Å². The summed E-state index contributed by atoms with van der Waals surface area (Å²) in [5.41, 5.74) is 0. The van der Waals surface area contributed by atoms with Crippen molar-refractivity contribution < 1.29 is 9.53 Å². The minimum Gasteiger partial charge on any atom is -0.443 e. The van der Waals surface area contributed by atoms with Gasteiger partial charge in [-0.25, -0.2) is 14.7 Å². The first-order valence-electron chi connectivity index (χ1n) is 3.75. The van der Waals surface area contributed by atoms with E-state index < -0.39 is 0 Å². The van der Waals surface area contributed by atoms with Crippen LogP contribution in [0.2, 0.25) is 0 Å². The highest BCUT2D eigenvalue weighted by molar-refractivity contribution is 9.09. The maximum atomic E-state index is 11.3. The second-order valence-electron chi connectivity index (χ2n) is 2.59. The Hall–Kier alpha value is -0.620. The minimum atomic E-state index is -0.306. The lowest BCUT2D eigenvalue weighted by Crippen LogP contribution is -2.24. The molecule has 0 N–H and O–H groups in total. The zero-order valence-corrected chi connectivity index (χ0v) is 9.05. The van der Waals surface area contributed by atoms with Gasteiger partial charge in [-0.05, 0) is 0 Å². The van der Waals surface area contributed by atoms with E-state index in [2.05, 4.69) is 20.9 Å². The maximum Gasteiger partial charge on any atom is 0.416 e. The zero-order chi connectivity index (χ0) is 9.26. The summed E-state index contributed by atoms with van der Waals surface area (Å²) in [4.78, 5) is 16.9. The Bertz CT molecular complexity index is 303. The van der Waals surface area contributed by atoms with Gasteiger partial charge in [-0.2, -0.15) is 0 Å². The fourth-order valence-electron chi connectivity index (χ4n) is 1.11. The van der Waals surface area contributed by atoms with Crippen molar-refractivity contribution in [3.8, 4) is 0 Å². The van der Waals surface area contributed by atoms with Gasteiger partial charge in [-0.15, -0.1) is 11.3 Å². The van der Waals surface area contributed by atoms with E-state index >= 15 is 0 Å². The van der Waals surface area contributed by atoms with Crippen molar-refractivity contribution in [1.29, 1.82) is 0 Å². The van der Waals surface area contributed by atoms with E-state index in [1.165, 1.54) is 11.3 Å². The molecule has 2 rings (SSSR count). The molecule has 1 saturated heterocycles. The molecule has 1 aromatic rings. The molecule has 4 nitrogen and oxygen atoms in total. The fourth-order valence-corrected chi connectivity index (χ4v) is 2.09. The summed E-state index contributed by atoms with van der Waals surface area (Å²) < 4.78 is 5.05. The van der Waals surface area contributed by atoms with Crippen molar-refractivity contribution in [3.63, 3.8) is 0 Å². The normalized spacial score (nSPS) is 22.1. The van der Waals surface area contributed by atoms with Crippen LogP contribution in [0.15, 0.2) is 11.6 Å². The van der Waals surface area contributed by atoms with Crippen LogP contribution in [-0.4, -0.2) is 29.1 Å². The molecule has 1 aliphatic rings. The molecular formula is C7H7BrN2O2S. The highest BCUT2D eigenvalue weighted by Gasteiger charge is 2.32. The maximum absolute atomic E-state index is 11.3. The number of thiazole rings is 1. The quantitative estimate of drug-likeness (QED) is 0.765. The summed E-state index contributed by atoms with van der Waals surface area (Å²) in [5.74, 6) is 0. The van der Waals surface area contributed by atoms with E-state index in [1.807, 2.05) is 5.38 Å². The van der Waals surface area contributed by atoms with Crippen LogP contribution < -0.4 is 4.90 Å². The Morgan fingerprint density at radius 2 is 2.69 bits per heavy atom. The van der Waals surface area contributed by atoms with Crippen LogP contribution in [0.3, 0.4) is 0 Å². The Morgan fingerprint density at radius 1 is 1.85 bits per heavy atom. The van der Waals surface area contributed by atoms with Crippen LogP contribution in [0, 0.1) is 0 Å². The summed E-state index contributed by atoms with van der Waals surface area (Å²) in [6.45, 7) is 0.581. The molecule has 1 unspecified atom stereocenters. The molecule has 1 aromatic heterocycles. The number of hydrogen-bond acceptors (Lipinski definition) is 4. The number of anilines is 1. The molecule has 0 bridgehead atoms. The van der Waals surface area contributed by atoms with Gasteiger partial charge in [0.25, 0.3) is 0 Å². The Balaban J connectivity index is 2.14. The fraction of sp³-hybridized carbons (Fsp3) is 0.429. The third kappa shape index (κ3) is 1.68. The van der Waals surface area contributed by atoms with Crippen LogP contribution in [0.1, 0.15) is 0 Å². The van der Waals surface area contributed by atoms with E-state index in [-0.39, 0.29) is 12.2 Å². The molecule has 1 amide bonds. The Morgan fingerprint density at radius 3 is 3.23 bits per heavy atom. The smallest absolute Gasteiger partial charge is 0.416 e. The first kappa shape index (κ1) is 8.96. The largest absolute Gasteiger partial charge is 0.443 e. The van der Waals surface area contributed by atoms with Crippen molar-refractivity contribution in [3.05, 3.63) is 11.6 Å². The summed E-state index contributed by atoms with van der Waals surface area (Å²) >= 11 is 4.71. The average molecular weight is 263 g/mol. The Kier molecular flexibility index (Phi) is 2.50. The molecule has 1 fully saturated rings. The van der Waals surface area contributed by atoms with Gasteiger partial charge in [0.05, 0.1) is 6.54 Å². The van der Waals surface area contributed by atoms with Gasteiger partial charge in [0, 0.05) is 16.9 Å². The molecule has 2 heterocycles. The van der Waals surface area contributed by atoms with Crippen molar-refractivity contribution in [2.45, 2.75) is 6.10 Å². The third-order valence-electron chi connectivity index (χ3n) is 1.70. The summed E-state index contributed by atoms with van der Waals surface area (Å²) in [5, 5.41) is 3.21. The second kappa shape index (κ2) is 3.63. The van der Waals surface area contributed by atoms with Gasteiger partial charge in [-0.1, -0.05) is 15.9 Å². The SMILES string of the molecule is O=C1OC(CBr)CN1c1nccs1. The van der Waals surface area contributed by atoms with Crippen molar-refractivity contribution >= 4 is 38.5 Å². The standard InChI is InChI=1S/C7H7BrN2O2S/c8-3-5-4-10(7(11)12-5)6-9-1-2-13-6/h1-2,5H,3-4H2. The molecule has 0 spiro atoms. The first-order chi connectivity index (χ1) is 6.31. The van der Waals surface area contributed by atoms with E-state index in [9.17, 15) is 4.79 Å². The van der Waals surface area contributed by atoms with Gasteiger partial charge >= 0.3 is 6.09 Å². The number of amides is 1. The lowest BCUT2D eigenvalue weighted by atomic mass is 10.4. The number of hydrogen-bond donors (Lipinski definition) is 0. The number of cyclic esters (lactones) is 1. The highest BCUT2D eigenvalue weighted by Crippen LogP contribution is 2.23. The Labute approximate surface area is 87.6 Å². The van der Waals surface area contributed by atoms with Gasteiger partial charge in [0.2, 0.25) is 0 Å². The lowest BCUT2D eigenvalue weighted by Gasteiger charge is -2.06. The molecule has 1 atom stereocenters. The molecule has 0 aromatic carbocycles. The van der Waals surface area contributed by atoms with Crippen LogP contribution >= 0.6 is 27.3 Å². The third-order valence-corrected chi connectivity index (χ3v) is 3.21. The van der Waals surface area contributed by atoms with E-state index in [0.29, 0.717) is 17.0 Å². The van der Waals surface area contributed by atoms with Gasteiger partial charge in [0.1, 0.15) is 6.10 Å². The number of ether oxygens (including phenoxy) is 1. The molecule has 0 aliphatic carbocycles. The number of alkyl halides is 1.